The molecule has 1 saturated carbocycles. The molecule has 0 radical (unpaired) electrons. The minimum atomic E-state index is 0.190. The molecule has 2 rings (SSSR count). The zero-order valence-electron chi connectivity index (χ0n) is 13.1. The van der Waals surface area contributed by atoms with E-state index >= 15 is 0 Å². The summed E-state index contributed by atoms with van der Waals surface area (Å²) in [7, 11) is 0. The lowest BCUT2D eigenvalue weighted by Crippen LogP contribution is -2.37. The Bertz CT molecular complexity index is 449. The number of rotatable bonds is 5. The van der Waals surface area contributed by atoms with Crippen LogP contribution in [0.1, 0.15) is 63.9 Å². The van der Waals surface area contributed by atoms with Crippen LogP contribution in [0, 0.1) is 5.92 Å². The number of carbonyl (C=O) groups is 1. The molecule has 2 nitrogen and oxygen atoms in total. The van der Waals surface area contributed by atoms with E-state index in [1.165, 1.54) is 24.8 Å². The first-order chi connectivity index (χ1) is 10.1. The first-order valence-electron chi connectivity index (χ1n) is 8.11. The maximum absolute atomic E-state index is 12.3. The molecule has 1 aromatic rings. The highest BCUT2D eigenvalue weighted by Crippen LogP contribution is 2.29. The number of nitrogens with one attached hydrogen (secondary N) is 1. The van der Waals surface area contributed by atoms with Crippen LogP contribution in [-0.2, 0) is 4.79 Å². The molecule has 1 N–H and O–H groups in total. The average Bonchev–Trinajstić information content (AvgIpc) is 2.47. The van der Waals surface area contributed by atoms with Gasteiger partial charge < -0.3 is 5.32 Å². The van der Waals surface area contributed by atoms with E-state index in [-0.39, 0.29) is 11.8 Å². The molecule has 1 atom stereocenters. The van der Waals surface area contributed by atoms with Gasteiger partial charge in [0.25, 0.3) is 0 Å². The van der Waals surface area contributed by atoms with E-state index in [9.17, 15) is 4.79 Å². The van der Waals surface area contributed by atoms with E-state index in [0.717, 1.165) is 17.9 Å². The van der Waals surface area contributed by atoms with Crippen LogP contribution in [0.4, 0.5) is 0 Å². The van der Waals surface area contributed by atoms with Crippen molar-refractivity contribution in [3.05, 3.63) is 34.9 Å². The van der Waals surface area contributed by atoms with Gasteiger partial charge in [-0.1, -0.05) is 56.8 Å². The Hall–Kier alpha value is -1.02. The lowest BCUT2D eigenvalue weighted by Gasteiger charge is -2.25. The van der Waals surface area contributed by atoms with E-state index in [4.69, 9.17) is 11.6 Å². The number of hydrogen-bond donors (Lipinski definition) is 1. The molecule has 3 heteroatoms. The highest BCUT2D eigenvalue weighted by molar-refractivity contribution is 6.30. The normalized spacial score (nSPS) is 17.7. The predicted octanol–water partition coefficient (Wildman–Crippen LogP) is 4.92. The van der Waals surface area contributed by atoms with Crippen molar-refractivity contribution in [2.75, 3.05) is 0 Å². The van der Waals surface area contributed by atoms with Gasteiger partial charge in [-0.3, -0.25) is 4.79 Å². The van der Waals surface area contributed by atoms with E-state index < -0.39 is 0 Å². The molecule has 1 aliphatic carbocycles. The second kappa shape index (κ2) is 7.84. The topological polar surface area (TPSA) is 29.1 Å². The van der Waals surface area contributed by atoms with Crippen molar-refractivity contribution in [1.82, 2.24) is 5.32 Å². The van der Waals surface area contributed by atoms with E-state index in [2.05, 4.69) is 19.2 Å². The molecule has 0 saturated heterocycles. The smallest absolute Gasteiger partial charge is 0.220 e. The van der Waals surface area contributed by atoms with Crippen LogP contribution in [0.25, 0.3) is 0 Å². The Morgan fingerprint density at radius 2 is 1.81 bits per heavy atom. The fourth-order valence-corrected chi connectivity index (χ4v) is 3.31. The zero-order chi connectivity index (χ0) is 15.2. The summed E-state index contributed by atoms with van der Waals surface area (Å²) in [5, 5.41) is 3.96. The SMILES string of the molecule is CC(C)C(CC(=O)NC1CCCCC1)c1ccc(Cl)cc1. The maximum atomic E-state index is 12.3. The van der Waals surface area contributed by atoms with Crippen molar-refractivity contribution in [2.24, 2.45) is 5.92 Å². The van der Waals surface area contributed by atoms with Gasteiger partial charge in [-0.15, -0.1) is 0 Å². The summed E-state index contributed by atoms with van der Waals surface area (Å²) < 4.78 is 0. The zero-order valence-corrected chi connectivity index (χ0v) is 13.8. The Morgan fingerprint density at radius 3 is 2.38 bits per heavy atom. The predicted molar refractivity (Wildman–Crippen MR) is 88.7 cm³/mol. The Balaban J connectivity index is 1.95. The summed E-state index contributed by atoms with van der Waals surface area (Å²) in [6, 6.07) is 8.29. The minimum Gasteiger partial charge on any atom is -0.353 e. The molecule has 1 amide bonds. The van der Waals surface area contributed by atoms with Gasteiger partial charge in [-0.05, 0) is 42.4 Å². The second-order valence-corrected chi connectivity index (χ2v) is 6.95. The highest BCUT2D eigenvalue weighted by Gasteiger charge is 2.22. The van der Waals surface area contributed by atoms with Crippen molar-refractivity contribution >= 4 is 17.5 Å². The third-order valence-corrected chi connectivity index (χ3v) is 4.73. The Kier molecular flexibility index (Phi) is 6.10. The third-order valence-electron chi connectivity index (χ3n) is 4.48. The molecule has 0 aromatic heterocycles. The summed E-state index contributed by atoms with van der Waals surface area (Å²) in [5.74, 6) is 0.879. The third kappa shape index (κ3) is 5.03. The van der Waals surface area contributed by atoms with Crippen molar-refractivity contribution in [1.29, 1.82) is 0 Å². The Morgan fingerprint density at radius 1 is 1.19 bits per heavy atom. The van der Waals surface area contributed by atoms with Crippen LogP contribution in [0.2, 0.25) is 5.02 Å². The number of halogens is 1. The molecule has 21 heavy (non-hydrogen) atoms. The summed E-state index contributed by atoms with van der Waals surface area (Å²) in [6.07, 6.45) is 6.64. The van der Waals surface area contributed by atoms with Crippen molar-refractivity contribution in [3.63, 3.8) is 0 Å². The van der Waals surface area contributed by atoms with Crippen molar-refractivity contribution in [3.8, 4) is 0 Å². The van der Waals surface area contributed by atoms with Gasteiger partial charge in [-0.25, -0.2) is 0 Å². The lowest BCUT2D eigenvalue weighted by molar-refractivity contribution is -0.122. The Labute approximate surface area is 133 Å². The number of benzene rings is 1. The summed E-state index contributed by atoms with van der Waals surface area (Å²) in [5.41, 5.74) is 1.20. The van der Waals surface area contributed by atoms with Crippen LogP contribution >= 0.6 is 11.6 Å². The van der Waals surface area contributed by atoms with Gasteiger partial charge >= 0.3 is 0 Å². The van der Waals surface area contributed by atoms with Crippen LogP contribution < -0.4 is 5.32 Å². The van der Waals surface area contributed by atoms with E-state index in [0.29, 0.717) is 18.4 Å². The largest absolute Gasteiger partial charge is 0.353 e. The van der Waals surface area contributed by atoms with E-state index in [1.54, 1.807) is 0 Å². The number of carbonyl (C=O) groups excluding carboxylic acids is 1. The first-order valence-corrected chi connectivity index (χ1v) is 8.49. The molecule has 116 valence electrons. The van der Waals surface area contributed by atoms with Crippen LogP contribution in [-0.4, -0.2) is 11.9 Å². The average molecular weight is 308 g/mol. The fraction of sp³-hybridized carbons (Fsp3) is 0.611. The van der Waals surface area contributed by atoms with Gasteiger partial charge in [0.05, 0.1) is 0 Å². The molecule has 0 heterocycles. The number of amides is 1. The van der Waals surface area contributed by atoms with Crippen LogP contribution in [0.15, 0.2) is 24.3 Å². The first kappa shape index (κ1) is 16.4. The summed E-state index contributed by atoms with van der Waals surface area (Å²) in [4.78, 5) is 12.3. The minimum absolute atomic E-state index is 0.190. The van der Waals surface area contributed by atoms with Gasteiger partial charge in [0.1, 0.15) is 0 Å². The van der Waals surface area contributed by atoms with Crippen LogP contribution in [0.3, 0.4) is 0 Å². The molecular weight excluding hydrogens is 282 g/mol. The van der Waals surface area contributed by atoms with Crippen molar-refractivity contribution < 1.29 is 4.79 Å². The van der Waals surface area contributed by atoms with Gasteiger partial charge in [0.2, 0.25) is 5.91 Å². The highest BCUT2D eigenvalue weighted by atomic mass is 35.5. The lowest BCUT2D eigenvalue weighted by atomic mass is 9.85. The monoisotopic (exact) mass is 307 g/mol. The van der Waals surface area contributed by atoms with E-state index in [1.807, 2.05) is 24.3 Å². The van der Waals surface area contributed by atoms with Crippen LogP contribution in [0.5, 0.6) is 0 Å². The molecule has 1 aliphatic rings. The molecule has 1 aromatic carbocycles. The molecular formula is C18H26ClNO. The van der Waals surface area contributed by atoms with Gasteiger partial charge in [0, 0.05) is 17.5 Å². The molecule has 0 bridgehead atoms. The standard InChI is InChI=1S/C18H26ClNO/c1-13(2)17(14-8-10-15(19)11-9-14)12-18(21)20-16-6-4-3-5-7-16/h8-11,13,16-17H,3-7,12H2,1-2H3,(H,20,21). The van der Waals surface area contributed by atoms with Gasteiger partial charge in [0.15, 0.2) is 0 Å². The number of hydrogen-bond acceptors (Lipinski definition) is 1. The van der Waals surface area contributed by atoms with Crippen molar-refractivity contribution in [2.45, 2.75) is 64.3 Å². The summed E-state index contributed by atoms with van der Waals surface area (Å²) >= 11 is 5.95. The molecule has 0 aliphatic heterocycles. The molecule has 1 unspecified atom stereocenters. The maximum Gasteiger partial charge on any atom is 0.220 e. The molecule has 1 fully saturated rings. The second-order valence-electron chi connectivity index (χ2n) is 6.51. The summed E-state index contributed by atoms with van der Waals surface area (Å²) in [6.45, 7) is 4.35. The quantitative estimate of drug-likeness (QED) is 0.822. The molecule has 0 spiro atoms. The van der Waals surface area contributed by atoms with Gasteiger partial charge in [-0.2, -0.15) is 0 Å². The fourth-order valence-electron chi connectivity index (χ4n) is 3.18.